The molecule has 0 spiro atoms. The highest BCUT2D eigenvalue weighted by Crippen LogP contribution is 2.22. The molecule has 0 aliphatic heterocycles. The lowest BCUT2D eigenvalue weighted by molar-refractivity contribution is 0.306. The van der Waals surface area contributed by atoms with Crippen LogP contribution in [0, 0.1) is 12.7 Å². The minimum Gasteiger partial charge on any atom is -0.296 e. The molecule has 2 rings (SSSR count). The highest BCUT2D eigenvalue weighted by atomic mass is 79.9. The topological polar surface area (TPSA) is 21.1 Å². The van der Waals surface area contributed by atoms with Crippen LogP contribution < -0.4 is 0 Å². The van der Waals surface area contributed by atoms with Crippen LogP contribution >= 0.6 is 15.9 Å². The molecule has 0 unspecified atom stereocenters. The number of hydrogen-bond donors (Lipinski definition) is 0. The maximum Gasteiger partial charge on any atom is 0.123 e. The molecule has 1 aromatic heterocycles. The van der Waals surface area contributed by atoms with Gasteiger partial charge in [0.05, 0.1) is 15.9 Å². The van der Waals surface area contributed by atoms with Crippen molar-refractivity contribution in [3.63, 3.8) is 0 Å². The highest BCUT2D eigenvalue weighted by molar-refractivity contribution is 9.10. The summed E-state index contributed by atoms with van der Waals surface area (Å²) in [5.41, 5.74) is 3.13. The molecule has 0 aliphatic rings. The second-order valence-electron chi connectivity index (χ2n) is 4.96. The first kappa shape index (κ1) is 15.2. The van der Waals surface area contributed by atoms with Crippen molar-refractivity contribution in [1.29, 1.82) is 0 Å². The zero-order valence-corrected chi connectivity index (χ0v) is 13.6. The Hall–Kier alpha value is -1.20. The minimum atomic E-state index is -0.188. The van der Waals surface area contributed by atoms with Crippen LogP contribution in [0.3, 0.4) is 0 Å². The van der Waals surface area contributed by atoms with Crippen molar-refractivity contribution >= 4 is 15.9 Å². The summed E-state index contributed by atoms with van der Waals surface area (Å²) in [5.74, 6) is -0.188. The Morgan fingerprint density at radius 3 is 2.75 bits per heavy atom. The van der Waals surface area contributed by atoms with Gasteiger partial charge in [0.15, 0.2) is 0 Å². The summed E-state index contributed by atoms with van der Waals surface area (Å²) in [4.78, 5) is 2.15. The van der Waals surface area contributed by atoms with Gasteiger partial charge in [-0.1, -0.05) is 12.1 Å². The van der Waals surface area contributed by atoms with Gasteiger partial charge in [-0.05, 0) is 54.5 Å². The van der Waals surface area contributed by atoms with Gasteiger partial charge in [0.1, 0.15) is 5.82 Å². The highest BCUT2D eigenvalue weighted by Gasteiger charge is 2.14. The van der Waals surface area contributed by atoms with Gasteiger partial charge in [0.2, 0.25) is 0 Å². The normalized spacial score (nSPS) is 11.3. The van der Waals surface area contributed by atoms with Crippen LogP contribution in [0.5, 0.6) is 0 Å². The maximum atomic E-state index is 13.2. The molecule has 0 N–H and O–H groups in total. The van der Waals surface area contributed by atoms with E-state index in [2.05, 4.69) is 32.9 Å². The van der Waals surface area contributed by atoms with Crippen LogP contribution in [-0.2, 0) is 19.6 Å². The van der Waals surface area contributed by atoms with Gasteiger partial charge in [0.25, 0.3) is 0 Å². The van der Waals surface area contributed by atoms with Crippen molar-refractivity contribution in [2.75, 3.05) is 7.05 Å². The number of nitrogens with zero attached hydrogens (tertiary/aromatic N) is 3. The third-order valence-corrected chi connectivity index (χ3v) is 4.25. The lowest BCUT2D eigenvalue weighted by Gasteiger charge is -2.17. The zero-order valence-electron chi connectivity index (χ0n) is 12.0. The Morgan fingerprint density at radius 2 is 2.10 bits per heavy atom. The fourth-order valence-electron chi connectivity index (χ4n) is 2.28. The first-order valence-corrected chi connectivity index (χ1v) is 7.45. The van der Waals surface area contributed by atoms with Crippen molar-refractivity contribution in [3.05, 3.63) is 51.5 Å². The van der Waals surface area contributed by atoms with E-state index >= 15 is 0 Å². The van der Waals surface area contributed by atoms with Crippen LogP contribution in [-0.4, -0.2) is 21.7 Å². The summed E-state index contributed by atoms with van der Waals surface area (Å²) in [5, 5.41) is 4.49. The Bertz CT molecular complexity index is 595. The predicted molar refractivity (Wildman–Crippen MR) is 81.9 cm³/mol. The fraction of sp³-hybridized carbons (Fsp3) is 0.400. The monoisotopic (exact) mass is 339 g/mol. The quantitative estimate of drug-likeness (QED) is 0.827. The van der Waals surface area contributed by atoms with E-state index in [1.807, 2.05) is 24.7 Å². The van der Waals surface area contributed by atoms with E-state index in [0.29, 0.717) is 6.54 Å². The summed E-state index contributed by atoms with van der Waals surface area (Å²) in [7, 11) is 2.03. The largest absolute Gasteiger partial charge is 0.296 e. The molecule has 3 nitrogen and oxygen atoms in total. The number of aromatic nitrogens is 2. The van der Waals surface area contributed by atoms with E-state index in [-0.39, 0.29) is 5.82 Å². The molecule has 5 heteroatoms. The van der Waals surface area contributed by atoms with Crippen LogP contribution in [0.2, 0.25) is 0 Å². The number of benzene rings is 1. The molecule has 0 saturated carbocycles. The summed E-state index contributed by atoms with van der Waals surface area (Å²) >= 11 is 3.60. The van der Waals surface area contributed by atoms with E-state index in [0.717, 1.165) is 34.5 Å². The molecule has 0 amide bonds. The number of rotatable bonds is 5. The van der Waals surface area contributed by atoms with Gasteiger partial charge in [-0.2, -0.15) is 5.10 Å². The molecule has 0 radical (unpaired) electrons. The molecule has 0 fully saturated rings. The van der Waals surface area contributed by atoms with Gasteiger partial charge in [0, 0.05) is 19.6 Å². The van der Waals surface area contributed by atoms with Crippen molar-refractivity contribution in [1.82, 2.24) is 14.7 Å². The third kappa shape index (κ3) is 3.46. The lowest BCUT2D eigenvalue weighted by atomic mass is 10.2. The Labute approximate surface area is 127 Å². The number of halogens is 2. The molecule has 1 heterocycles. The van der Waals surface area contributed by atoms with Gasteiger partial charge in [-0.15, -0.1) is 0 Å². The van der Waals surface area contributed by atoms with E-state index in [1.165, 1.54) is 6.07 Å². The molecular weight excluding hydrogens is 321 g/mol. The number of aryl methyl sites for hydroxylation is 2. The zero-order chi connectivity index (χ0) is 14.7. The lowest BCUT2D eigenvalue weighted by Crippen LogP contribution is -2.20. The Kier molecular flexibility index (Phi) is 4.94. The van der Waals surface area contributed by atoms with Crippen LogP contribution in [0.4, 0.5) is 4.39 Å². The maximum absolute atomic E-state index is 13.2. The summed E-state index contributed by atoms with van der Waals surface area (Å²) in [6.07, 6.45) is 0. The van der Waals surface area contributed by atoms with Gasteiger partial charge in [-0.3, -0.25) is 9.58 Å². The molecular formula is C15H19BrFN3. The summed E-state index contributed by atoms with van der Waals surface area (Å²) in [6, 6.07) is 6.73. The molecule has 1 aromatic carbocycles. The first-order chi connectivity index (χ1) is 9.51. The standard InChI is InChI=1S/C15H19BrFN3/c1-4-20-14(15(16)11(2)18-20)10-19(3)9-12-6-5-7-13(17)8-12/h5-8H,4,9-10H2,1-3H3. The van der Waals surface area contributed by atoms with Crippen molar-refractivity contribution < 1.29 is 4.39 Å². The Balaban J connectivity index is 2.10. The number of hydrogen-bond acceptors (Lipinski definition) is 2. The molecule has 2 aromatic rings. The average molecular weight is 340 g/mol. The smallest absolute Gasteiger partial charge is 0.123 e. The first-order valence-electron chi connectivity index (χ1n) is 6.66. The van der Waals surface area contributed by atoms with Gasteiger partial charge in [-0.25, -0.2) is 4.39 Å². The van der Waals surface area contributed by atoms with Crippen LogP contribution in [0.1, 0.15) is 23.9 Å². The molecule has 0 bridgehead atoms. The van der Waals surface area contributed by atoms with Crippen molar-refractivity contribution in [2.45, 2.75) is 33.5 Å². The predicted octanol–water partition coefficient (Wildman–Crippen LogP) is 3.75. The third-order valence-electron chi connectivity index (χ3n) is 3.21. The van der Waals surface area contributed by atoms with Crippen LogP contribution in [0.25, 0.3) is 0 Å². The van der Waals surface area contributed by atoms with Gasteiger partial charge < -0.3 is 0 Å². The summed E-state index contributed by atoms with van der Waals surface area (Å²) in [6.45, 7) is 6.39. The molecule has 0 atom stereocenters. The fourth-order valence-corrected chi connectivity index (χ4v) is 2.69. The second kappa shape index (κ2) is 6.50. The molecule has 108 valence electrons. The average Bonchev–Trinajstić information content (AvgIpc) is 2.66. The van der Waals surface area contributed by atoms with Crippen molar-refractivity contribution in [3.8, 4) is 0 Å². The van der Waals surface area contributed by atoms with Crippen molar-refractivity contribution in [2.24, 2.45) is 0 Å². The van der Waals surface area contributed by atoms with E-state index in [4.69, 9.17) is 0 Å². The summed E-state index contributed by atoms with van der Waals surface area (Å²) < 4.78 is 16.3. The van der Waals surface area contributed by atoms with E-state index < -0.39 is 0 Å². The van der Waals surface area contributed by atoms with E-state index in [1.54, 1.807) is 12.1 Å². The molecule has 0 saturated heterocycles. The molecule has 0 aliphatic carbocycles. The Morgan fingerprint density at radius 1 is 1.35 bits per heavy atom. The van der Waals surface area contributed by atoms with Gasteiger partial charge >= 0.3 is 0 Å². The second-order valence-corrected chi connectivity index (χ2v) is 5.76. The van der Waals surface area contributed by atoms with Crippen LogP contribution in [0.15, 0.2) is 28.7 Å². The SMILES string of the molecule is CCn1nc(C)c(Br)c1CN(C)Cc1cccc(F)c1. The van der Waals surface area contributed by atoms with E-state index in [9.17, 15) is 4.39 Å². The minimum absolute atomic E-state index is 0.188. The molecule has 20 heavy (non-hydrogen) atoms.